The summed E-state index contributed by atoms with van der Waals surface area (Å²) in [5.74, 6) is 0. The zero-order chi connectivity index (χ0) is 25.5. The molecule has 0 N–H and O–H groups in total. The number of fused-ring (bicyclic) bond motifs is 3. The van der Waals surface area contributed by atoms with Crippen molar-refractivity contribution in [2.45, 2.75) is 6.42 Å². The van der Waals surface area contributed by atoms with Crippen molar-refractivity contribution in [1.82, 2.24) is 4.57 Å². The molecule has 0 bridgehead atoms. The van der Waals surface area contributed by atoms with E-state index >= 15 is 0 Å². The Hall–Kier alpha value is -5.08. The molecular weight excluding hydrogens is 474 g/mol. The highest BCUT2D eigenvalue weighted by molar-refractivity contribution is 6.38. The van der Waals surface area contributed by atoms with Crippen LogP contribution in [0.25, 0.3) is 71.0 Å². The minimum Gasteiger partial charge on any atom is -0.456 e. The molecule has 2 nitrogen and oxygen atoms in total. The second kappa shape index (κ2) is 7.72. The number of hydrogen-bond donors (Lipinski definition) is 0. The maximum Gasteiger partial charge on any atom is 0.136 e. The Kier molecular flexibility index (Phi) is 4.14. The fourth-order valence-electron chi connectivity index (χ4n) is 6.81. The quantitative estimate of drug-likeness (QED) is 0.237. The number of hydrogen-bond acceptors (Lipinski definition) is 1. The van der Waals surface area contributed by atoms with Crippen molar-refractivity contribution < 1.29 is 4.42 Å². The molecule has 9 aromatic rings. The van der Waals surface area contributed by atoms with Gasteiger partial charge in [0.15, 0.2) is 0 Å². The molecule has 2 heteroatoms. The third-order valence-corrected chi connectivity index (χ3v) is 8.39. The van der Waals surface area contributed by atoms with Crippen LogP contribution in [0.5, 0.6) is 0 Å². The van der Waals surface area contributed by atoms with Gasteiger partial charge in [0.05, 0.1) is 11.0 Å². The minimum atomic E-state index is 0.877. The number of rotatable bonds is 3. The van der Waals surface area contributed by atoms with Crippen LogP contribution in [0.1, 0.15) is 11.1 Å². The Balaban J connectivity index is 1.53. The first kappa shape index (κ1) is 20.9. The van der Waals surface area contributed by atoms with Crippen molar-refractivity contribution in [1.29, 1.82) is 0 Å². The number of furan rings is 1. The number of para-hydroxylation sites is 1. The second-order valence-corrected chi connectivity index (χ2v) is 10.5. The topological polar surface area (TPSA) is 18.1 Å². The molecule has 182 valence electrons. The molecule has 0 spiro atoms. The van der Waals surface area contributed by atoms with Gasteiger partial charge in [-0.1, -0.05) is 97.1 Å². The first-order valence-electron chi connectivity index (χ1n) is 13.5. The van der Waals surface area contributed by atoms with Crippen molar-refractivity contribution in [2.24, 2.45) is 0 Å². The lowest BCUT2D eigenvalue weighted by Crippen LogP contribution is -2.00. The van der Waals surface area contributed by atoms with Gasteiger partial charge in [-0.2, -0.15) is 0 Å². The molecule has 0 saturated heterocycles. The van der Waals surface area contributed by atoms with Crippen molar-refractivity contribution in [2.75, 3.05) is 0 Å². The molecule has 2 heterocycles. The molecule has 0 saturated carbocycles. The highest BCUT2D eigenvalue weighted by Gasteiger charge is 2.23. The smallest absolute Gasteiger partial charge is 0.136 e. The highest BCUT2D eigenvalue weighted by atomic mass is 16.3. The van der Waals surface area contributed by atoms with E-state index in [9.17, 15) is 0 Å². The standard InChI is InChI=1S/C37H23NO/c1-2-10-23(11-3-1)22-24-12-4-7-17-29(24)38-30-18-8-15-27-25-13-5-6-14-26(25)28-16-9-19-32-35(28)37-33(39-32)21-20-31(38)36(37)34(27)30/h1-21H,22H2. The zero-order valence-electron chi connectivity index (χ0n) is 21.2. The van der Waals surface area contributed by atoms with Crippen LogP contribution in [0.2, 0.25) is 0 Å². The van der Waals surface area contributed by atoms with E-state index in [-0.39, 0.29) is 0 Å². The summed E-state index contributed by atoms with van der Waals surface area (Å²) < 4.78 is 8.97. The van der Waals surface area contributed by atoms with Gasteiger partial charge in [0.2, 0.25) is 0 Å². The maximum absolute atomic E-state index is 6.50. The van der Waals surface area contributed by atoms with Crippen LogP contribution in [0.4, 0.5) is 0 Å². The van der Waals surface area contributed by atoms with Gasteiger partial charge < -0.3 is 8.98 Å². The van der Waals surface area contributed by atoms with Gasteiger partial charge in [-0.3, -0.25) is 0 Å². The molecule has 0 aliphatic rings. The molecule has 0 atom stereocenters. The number of aromatic nitrogens is 1. The van der Waals surface area contributed by atoms with Crippen molar-refractivity contribution in [3.8, 4) is 5.69 Å². The number of nitrogens with zero attached hydrogens (tertiary/aromatic N) is 1. The van der Waals surface area contributed by atoms with E-state index in [1.807, 2.05) is 0 Å². The van der Waals surface area contributed by atoms with E-state index in [1.165, 1.54) is 70.9 Å². The zero-order valence-corrected chi connectivity index (χ0v) is 21.2. The third-order valence-electron chi connectivity index (χ3n) is 8.39. The summed E-state index contributed by atoms with van der Waals surface area (Å²) in [5.41, 5.74) is 8.15. The Labute approximate surface area is 224 Å². The molecular formula is C37H23NO. The van der Waals surface area contributed by atoms with Gasteiger partial charge in [0.1, 0.15) is 11.2 Å². The molecule has 7 aromatic carbocycles. The lowest BCUT2D eigenvalue weighted by Gasteiger charge is -2.14. The van der Waals surface area contributed by atoms with E-state index in [0.29, 0.717) is 0 Å². The van der Waals surface area contributed by atoms with Crippen molar-refractivity contribution in [3.63, 3.8) is 0 Å². The maximum atomic E-state index is 6.50. The molecule has 0 fully saturated rings. The molecule has 2 aromatic heterocycles. The molecule has 9 rings (SSSR count). The summed E-state index contributed by atoms with van der Waals surface area (Å²) >= 11 is 0. The minimum absolute atomic E-state index is 0.877. The van der Waals surface area contributed by atoms with Crippen molar-refractivity contribution >= 4 is 65.3 Å². The summed E-state index contributed by atoms with van der Waals surface area (Å²) in [6.07, 6.45) is 0.877. The summed E-state index contributed by atoms with van der Waals surface area (Å²) in [6, 6.07) is 46.0. The summed E-state index contributed by atoms with van der Waals surface area (Å²) in [7, 11) is 0. The van der Waals surface area contributed by atoms with Gasteiger partial charge in [-0.15, -0.1) is 0 Å². The van der Waals surface area contributed by atoms with Crippen LogP contribution in [0, 0.1) is 0 Å². The van der Waals surface area contributed by atoms with Crippen LogP contribution in [0.15, 0.2) is 132 Å². The molecule has 0 aliphatic heterocycles. The normalized spacial score (nSPS) is 12.2. The van der Waals surface area contributed by atoms with Crippen LogP contribution in [0.3, 0.4) is 0 Å². The third kappa shape index (κ3) is 2.81. The van der Waals surface area contributed by atoms with Crippen LogP contribution in [-0.4, -0.2) is 4.57 Å². The Morgan fingerprint density at radius 1 is 0.436 bits per heavy atom. The van der Waals surface area contributed by atoms with Crippen molar-refractivity contribution in [3.05, 3.63) is 139 Å². The van der Waals surface area contributed by atoms with Gasteiger partial charge in [0, 0.05) is 27.2 Å². The number of benzene rings is 6. The predicted molar refractivity (Wildman–Crippen MR) is 164 cm³/mol. The fourth-order valence-corrected chi connectivity index (χ4v) is 6.81. The monoisotopic (exact) mass is 497 g/mol. The van der Waals surface area contributed by atoms with Gasteiger partial charge in [-0.05, 0) is 69.4 Å². The Morgan fingerprint density at radius 3 is 1.92 bits per heavy atom. The van der Waals surface area contributed by atoms with E-state index in [4.69, 9.17) is 4.42 Å². The van der Waals surface area contributed by atoms with E-state index in [1.54, 1.807) is 0 Å². The van der Waals surface area contributed by atoms with Crippen LogP contribution in [-0.2, 0) is 6.42 Å². The Morgan fingerprint density at radius 2 is 1.08 bits per heavy atom. The Bertz CT molecular complexity index is 2350. The molecule has 39 heavy (non-hydrogen) atoms. The lowest BCUT2D eigenvalue weighted by molar-refractivity contribution is 0.669. The first-order valence-corrected chi connectivity index (χ1v) is 13.5. The second-order valence-electron chi connectivity index (χ2n) is 10.5. The van der Waals surface area contributed by atoms with E-state index in [0.717, 1.165) is 17.6 Å². The first-order chi connectivity index (χ1) is 19.4. The lowest BCUT2D eigenvalue weighted by atomic mass is 9.95. The largest absolute Gasteiger partial charge is 0.456 e. The van der Waals surface area contributed by atoms with Gasteiger partial charge in [-0.25, -0.2) is 0 Å². The van der Waals surface area contributed by atoms with Gasteiger partial charge >= 0.3 is 0 Å². The van der Waals surface area contributed by atoms with Gasteiger partial charge in [0.25, 0.3) is 0 Å². The van der Waals surface area contributed by atoms with E-state index < -0.39 is 0 Å². The molecule has 0 unspecified atom stereocenters. The average molecular weight is 498 g/mol. The predicted octanol–water partition coefficient (Wildman–Crippen LogP) is 10.0. The highest BCUT2D eigenvalue weighted by Crippen LogP contribution is 2.47. The summed E-state index contributed by atoms with van der Waals surface area (Å²) in [5, 5.41) is 9.99. The van der Waals surface area contributed by atoms with E-state index in [2.05, 4.69) is 132 Å². The SMILES string of the molecule is c1ccc(Cc2ccccc2-n2c3cccc4c5ccccc5c5cccc6oc7ccc2c(c7c65)c43)cc1. The van der Waals surface area contributed by atoms with Crippen LogP contribution < -0.4 is 0 Å². The molecule has 0 aliphatic carbocycles. The molecule has 0 amide bonds. The van der Waals surface area contributed by atoms with Crippen LogP contribution >= 0.6 is 0 Å². The molecule has 0 radical (unpaired) electrons. The summed E-state index contributed by atoms with van der Waals surface area (Å²) in [6.45, 7) is 0. The average Bonchev–Trinajstić information content (AvgIpc) is 3.53. The fraction of sp³-hybridized carbons (Fsp3) is 0.0270. The summed E-state index contributed by atoms with van der Waals surface area (Å²) in [4.78, 5) is 0.